The van der Waals surface area contributed by atoms with Crippen LogP contribution in [0.5, 0.6) is 0 Å². The summed E-state index contributed by atoms with van der Waals surface area (Å²) in [7, 11) is -3.31. The van der Waals surface area contributed by atoms with Crippen LogP contribution in [-0.4, -0.2) is 61.9 Å². The molecule has 12 heteroatoms. The van der Waals surface area contributed by atoms with Gasteiger partial charge in [-0.2, -0.15) is 13.2 Å². The largest absolute Gasteiger partial charge is 0.393 e. The zero-order valence-electron chi connectivity index (χ0n) is 19.0. The van der Waals surface area contributed by atoms with Crippen LogP contribution in [0.4, 0.5) is 19.0 Å². The molecular formula is C23H24ClF3N4O2S2. The topological polar surface area (TPSA) is 66.4 Å². The van der Waals surface area contributed by atoms with E-state index < -0.39 is 22.4 Å². The van der Waals surface area contributed by atoms with Crippen molar-refractivity contribution in [2.45, 2.75) is 36.9 Å². The molecule has 35 heavy (non-hydrogen) atoms. The summed E-state index contributed by atoms with van der Waals surface area (Å²) in [4.78, 5) is 14.2. The quantitative estimate of drug-likeness (QED) is 0.452. The van der Waals surface area contributed by atoms with E-state index in [4.69, 9.17) is 11.6 Å². The molecule has 0 amide bonds. The molecular weight excluding hydrogens is 521 g/mol. The molecule has 3 aromatic rings. The highest BCUT2D eigenvalue weighted by Crippen LogP contribution is 2.43. The van der Waals surface area contributed by atoms with Crippen molar-refractivity contribution in [1.82, 2.24) is 14.9 Å². The first-order valence-corrected chi connectivity index (χ1v) is 14.3. The maximum atomic E-state index is 12.9. The number of alkyl halides is 3. The number of hydrogen-bond donors (Lipinski definition) is 0. The second-order valence-corrected chi connectivity index (χ2v) is 13.1. The highest BCUT2D eigenvalue weighted by Gasteiger charge is 2.44. The molecule has 2 aromatic heterocycles. The first-order chi connectivity index (χ1) is 16.4. The number of anilines is 1. The number of sulfone groups is 1. The average molecular weight is 545 g/mol. The summed E-state index contributed by atoms with van der Waals surface area (Å²) in [6.45, 7) is 3.96. The van der Waals surface area contributed by atoms with Crippen LogP contribution in [0.2, 0.25) is 5.02 Å². The van der Waals surface area contributed by atoms with Crippen molar-refractivity contribution in [2.24, 2.45) is 5.41 Å². The number of aromatic nitrogens is 2. The van der Waals surface area contributed by atoms with Gasteiger partial charge in [0.2, 0.25) is 0 Å². The summed E-state index contributed by atoms with van der Waals surface area (Å²) >= 11 is 7.45. The Hall–Kier alpha value is -1.95. The molecule has 1 atom stereocenters. The number of likely N-dealkylation sites (tertiary alicyclic amines) is 1. The highest BCUT2D eigenvalue weighted by molar-refractivity contribution is 7.90. The normalized spacial score (nSPS) is 21.6. The molecule has 2 fully saturated rings. The fourth-order valence-corrected chi connectivity index (χ4v) is 7.14. The first kappa shape index (κ1) is 24.7. The number of halogens is 4. The molecule has 6 nitrogen and oxygen atoms in total. The Morgan fingerprint density at radius 2 is 1.91 bits per heavy atom. The number of hydrogen-bond acceptors (Lipinski definition) is 7. The molecule has 2 saturated heterocycles. The van der Waals surface area contributed by atoms with Crippen LogP contribution >= 0.6 is 22.9 Å². The fourth-order valence-electron chi connectivity index (χ4n) is 5.17. The van der Waals surface area contributed by atoms with E-state index in [9.17, 15) is 21.6 Å². The van der Waals surface area contributed by atoms with Crippen LogP contribution in [-0.2, 0) is 22.8 Å². The summed E-state index contributed by atoms with van der Waals surface area (Å²) in [5.41, 5.74) is 0.959. The Balaban J connectivity index is 1.29. The van der Waals surface area contributed by atoms with Crippen LogP contribution < -0.4 is 4.90 Å². The zero-order chi connectivity index (χ0) is 25.0. The van der Waals surface area contributed by atoms with Gasteiger partial charge < -0.3 is 4.90 Å². The minimum absolute atomic E-state index is 0.0707. The summed E-state index contributed by atoms with van der Waals surface area (Å²) in [6.07, 6.45) is -0.657. The van der Waals surface area contributed by atoms with Gasteiger partial charge in [0.15, 0.2) is 9.84 Å². The molecule has 4 heterocycles. The number of rotatable bonds is 5. The lowest BCUT2D eigenvalue weighted by atomic mass is 9.86. The predicted molar refractivity (Wildman–Crippen MR) is 131 cm³/mol. The molecule has 0 radical (unpaired) electrons. The van der Waals surface area contributed by atoms with E-state index in [2.05, 4.69) is 19.8 Å². The monoisotopic (exact) mass is 544 g/mol. The van der Waals surface area contributed by atoms with Crippen LogP contribution in [0.1, 0.15) is 23.3 Å². The fraction of sp³-hybridized carbons (Fsp3) is 0.478. The van der Waals surface area contributed by atoms with Gasteiger partial charge in [-0.1, -0.05) is 17.7 Å². The lowest BCUT2D eigenvalue weighted by Crippen LogP contribution is -2.31. The van der Waals surface area contributed by atoms with Gasteiger partial charge in [0.05, 0.1) is 16.7 Å². The molecule has 0 aliphatic carbocycles. The maximum absolute atomic E-state index is 12.9. The van der Waals surface area contributed by atoms with Gasteiger partial charge in [-0.15, -0.1) is 11.3 Å². The number of thiophene rings is 1. The van der Waals surface area contributed by atoms with Gasteiger partial charge in [0, 0.05) is 47.7 Å². The second-order valence-electron chi connectivity index (χ2n) is 9.58. The van der Waals surface area contributed by atoms with Crippen molar-refractivity contribution in [3.8, 4) is 0 Å². The molecule has 0 saturated carbocycles. The molecule has 5 rings (SSSR count). The highest BCUT2D eigenvalue weighted by atomic mass is 35.5. The third-order valence-electron chi connectivity index (χ3n) is 6.84. The summed E-state index contributed by atoms with van der Waals surface area (Å²) in [5, 5.41) is 1.12. The molecule has 1 unspecified atom stereocenters. The Morgan fingerprint density at radius 1 is 1.14 bits per heavy atom. The molecule has 188 valence electrons. The Morgan fingerprint density at radius 3 is 2.63 bits per heavy atom. The molecule has 0 bridgehead atoms. The minimum atomic E-state index is -4.26. The smallest absolute Gasteiger partial charge is 0.355 e. The van der Waals surface area contributed by atoms with Gasteiger partial charge in [-0.3, -0.25) is 4.90 Å². The number of fused-ring (bicyclic) bond motifs is 1. The van der Waals surface area contributed by atoms with Gasteiger partial charge >= 0.3 is 6.18 Å². The summed E-state index contributed by atoms with van der Waals surface area (Å²) < 4.78 is 62.2. The maximum Gasteiger partial charge on any atom is 0.393 e. The molecule has 2 aliphatic heterocycles. The van der Waals surface area contributed by atoms with E-state index in [-0.39, 0.29) is 15.2 Å². The lowest BCUT2D eigenvalue weighted by molar-refractivity contribution is -0.126. The molecule has 1 aromatic carbocycles. The van der Waals surface area contributed by atoms with E-state index in [1.54, 1.807) is 18.2 Å². The third kappa shape index (κ3) is 5.28. The van der Waals surface area contributed by atoms with Crippen molar-refractivity contribution < 1.29 is 21.6 Å². The first-order valence-electron chi connectivity index (χ1n) is 11.2. The van der Waals surface area contributed by atoms with Crippen molar-refractivity contribution in [1.29, 1.82) is 0 Å². The van der Waals surface area contributed by atoms with E-state index in [0.717, 1.165) is 62.2 Å². The van der Waals surface area contributed by atoms with E-state index in [0.29, 0.717) is 27.6 Å². The van der Waals surface area contributed by atoms with Crippen LogP contribution in [0.15, 0.2) is 35.5 Å². The SMILES string of the molecule is CS(=O)(=O)c1ccc(CN2CCC3(CCN(c4ncnc5sc(CC(F)(F)F)cc45)C3)C2)c(Cl)c1. The van der Waals surface area contributed by atoms with Crippen LogP contribution in [0, 0.1) is 5.41 Å². The van der Waals surface area contributed by atoms with Crippen molar-refractivity contribution >= 4 is 48.8 Å². The predicted octanol–water partition coefficient (Wildman–Crippen LogP) is 4.96. The Labute approximate surface area is 210 Å². The molecule has 0 N–H and O–H groups in total. The van der Waals surface area contributed by atoms with Crippen LogP contribution in [0.3, 0.4) is 0 Å². The van der Waals surface area contributed by atoms with Crippen molar-refractivity contribution in [3.63, 3.8) is 0 Å². The Kier molecular flexibility index (Phi) is 6.26. The minimum Gasteiger partial charge on any atom is -0.355 e. The summed E-state index contributed by atoms with van der Waals surface area (Å²) in [6, 6.07) is 6.45. The van der Waals surface area contributed by atoms with Gasteiger partial charge in [0.1, 0.15) is 17.0 Å². The number of benzene rings is 1. The van der Waals surface area contributed by atoms with E-state index in [1.165, 1.54) is 12.4 Å². The van der Waals surface area contributed by atoms with Crippen molar-refractivity contribution in [2.75, 3.05) is 37.3 Å². The van der Waals surface area contributed by atoms with Gasteiger partial charge in [0.25, 0.3) is 0 Å². The van der Waals surface area contributed by atoms with Crippen LogP contribution in [0.25, 0.3) is 10.2 Å². The van der Waals surface area contributed by atoms with Gasteiger partial charge in [-0.25, -0.2) is 18.4 Å². The lowest BCUT2D eigenvalue weighted by Gasteiger charge is -2.25. The summed E-state index contributed by atoms with van der Waals surface area (Å²) in [5.74, 6) is 0.703. The molecule has 1 spiro atoms. The third-order valence-corrected chi connectivity index (χ3v) is 9.34. The molecule has 2 aliphatic rings. The average Bonchev–Trinajstić information content (AvgIpc) is 3.46. The van der Waals surface area contributed by atoms with Crippen molar-refractivity contribution in [3.05, 3.63) is 46.1 Å². The Bertz CT molecular complexity index is 1380. The van der Waals surface area contributed by atoms with E-state index in [1.807, 2.05) is 0 Å². The van der Waals surface area contributed by atoms with E-state index >= 15 is 0 Å². The zero-order valence-corrected chi connectivity index (χ0v) is 21.4. The number of nitrogens with zero attached hydrogens (tertiary/aromatic N) is 4. The standard InChI is InChI=1S/C23H24ClF3N4O2S2/c1-35(32,33)17-3-2-15(19(24)9-17)11-30-6-4-22(12-30)5-7-31(13-22)20-18-8-16(10-23(25,26)27)34-21(18)29-14-28-20/h2-3,8-9,14H,4-7,10-13H2,1H3. The van der Waals surface area contributed by atoms with Gasteiger partial charge in [-0.05, 0) is 43.1 Å². The second kappa shape index (κ2) is 8.86.